The number of methoxy groups -OCH3 is 1. The highest BCUT2D eigenvalue weighted by atomic mass is 16.5. The molecule has 7 nitrogen and oxygen atoms in total. The second kappa shape index (κ2) is 9.43. The van der Waals surface area contributed by atoms with Crippen molar-refractivity contribution in [2.45, 2.75) is 32.2 Å². The van der Waals surface area contributed by atoms with Crippen LogP contribution >= 0.6 is 0 Å². The highest BCUT2D eigenvalue weighted by Crippen LogP contribution is 2.44. The van der Waals surface area contributed by atoms with Gasteiger partial charge in [-0.1, -0.05) is 56.7 Å². The van der Waals surface area contributed by atoms with E-state index >= 15 is 0 Å². The summed E-state index contributed by atoms with van der Waals surface area (Å²) >= 11 is 0. The summed E-state index contributed by atoms with van der Waals surface area (Å²) in [5, 5.41) is 2.60. The number of hydrogen-bond donors (Lipinski definition) is 1. The fourth-order valence-electron chi connectivity index (χ4n) is 3.40. The topological polar surface area (TPSA) is 90.9 Å². The van der Waals surface area contributed by atoms with E-state index in [9.17, 15) is 14.4 Å². The lowest BCUT2D eigenvalue weighted by atomic mass is 9.88. The van der Waals surface area contributed by atoms with Gasteiger partial charge in [-0.3, -0.25) is 9.59 Å². The Bertz CT molecular complexity index is 895. The first-order valence-electron chi connectivity index (χ1n) is 9.85. The molecule has 1 aliphatic rings. The highest BCUT2D eigenvalue weighted by molar-refractivity contribution is 5.89. The molecule has 0 radical (unpaired) electrons. The number of carbonyl (C=O) groups excluding carboxylic acids is 3. The van der Waals surface area contributed by atoms with E-state index in [-0.39, 0.29) is 5.92 Å². The first kappa shape index (κ1) is 21.4. The third-order valence-electron chi connectivity index (χ3n) is 5.25. The first-order chi connectivity index (χ1) is 14.5. The molecule has 1 heterocycles. The third-order valence-corrected chi connectivity index (χ3v) is 5.25. The molecule has 2 atom stereocenters. The number of carbonyl (C=O) groups is 3. The highest BCUT2D eigenvalue weighted by Gasteiger charge is 2.34. The Labute approximate surface area is 175 Å². The number of benzene rings is 2. The summed E-state index contributed by atoms with van der Waals surface area (Å²) in [5.41, 5.74) is 1.35. The lowest BCUT2D eigenvalue weighted by Crippen LogP contribution is -2.47. The molecule has 2 aromatic rings. The zero-order valence-electron chi connectivity index (χ0n) is 17.2. The van der Waals surface area contributed by atoms with E-state index in [1.54, 1.807) is 24.3 Å². The van der Waals surface area contributed by atoms with Crippen LogP contribution in [0.1, 0.15) is 37.3 Å². The summed E-state index contributed by atoms with van der Waals surface area (Å²) in [7, 11) is 1.27. The molecule has 1 N–H and O–H groups in total. The third kappa shape index (κ3) is 4.45. The van der Waals surface area contributed by atoms with Gasteiger partial charge >= 0.3 is 11.9 Å². The van der Waals surface area contributed by atoms with E-state index in [1.807, 2.05) is 38.1 Å². The van der Waals surface area contributed by atoms with E-state index in [1.165, 1.54) is 7.11 Å². The van der Waals surface area contributed by atoms with Gasteiger partial charge in [-0.05, 0) is 18.1 Å². The Kier molecular flexibility index (Phi) is 6.72. The summed E-state index contributed by atoms with van der Waals surface area (Å²) in [6.45, 7) is 3.25. The van der Waals surface area contributed by atoms with Crippen LogP contribution in [0.15, 0.2) is 48.5 Å². The van der Waals surface area contributed by atoms with Gasteiger partial charge in [-0.15, -0.1) is 0 Å². The second-order valence-corrected chi connectivity index (χ2v) is 7.17. The molecular formula is C23H25NO6. The van der Waals surface area contributed by atoms with Crippen LogP contribution in [0.5, 0.6) is 11.5 Å². The molecule has 0 spiro atoms. The molecule has 1 amide bonds. The Morgan fingerprint density at radius 1 is 1.03 bits per heavy atom. The number of para-hydroxylation sites is 2. The molecule has 0 unspecified atom stereocenters. The molecule has 1 aliphatic heterocycles. The lowest BCUT2D eigenvalue weighted by Gasteiger charge is -2.27. The molecule has 0 aliphatic carbocycles. The predicted molar refractivity (Wildman–Crippen MR) is 109 cm³/mol. The quantitative estimate of drug-likeness (QED) is 0.704. The average Bonchev–Trinajstić information content (AvgIpc) is 2.78. The molecule has 7 heteroatoms. The molecule has 3 rings (SSSR count). The number of hydrogen-bond acceptors (Lipinski definition) is 6. The molecule has 0 saturated carbocycles. The molecule has 0 fully saturated rings. The summed E-state index contributed by atoms with van der Waals surface area (Å²) in [6, 6.07) is 13.6. The van der Waals surface area contributed by atoms with Crippen molar-refractivity contribution in [1.82, 2.24) is 5.32 Å². The summed E-state index contributed by atoms with van der Waals surface area (Å²) in [4.78, 5) is 37.2. The molecular weight excluding hydrogens is 386 g/mol. The fourth-order valence-corrected chi connectivity index (χ4v) is 3.40. The monoisotopic (exact) mass is 411 g/mol. The maximum Gasteiger partial charge on any atom is 0.328 e. The van der Waals surface area contributed by atoms with Gasteiger partial charge < -0.3 is 19.5 Å². The van der Waals surface area contributed by atoms with Crippen molar-refractivity contribution in [3.63, 3.8) is 0 Å². The number of fused-ring (bicyclic) bond motifs is 2. The van der Waals surface area contributed by atoms with Gasteiger partial charge in [0.1, 0.15) is 23.5 Å². The lowest BCUT2D eigenvalue weighted by molar-refractivity contribution is -0.151. The van der Waals surface area contributed by atoms with E-state index in [4.69, 9.17) is 14.2 Å². The van der Waals surface area contributed by atoms with Gasteiger partial charge in [0.15, 0.2) is 6.61 Å². The van der Waals surface area contributed by atoms with Crippen molar-refractivity contribution in [2.75, 3.05) is 13.7 Å². The number of amides is 1. The summed E-state index contributed by atoms with van der Waals surface area (Å²) in [5.74, 6) is -1.33. The number of ether oxygens (including phenoxy) is 3. The second-order valence-electron chi connectivity index (χ2n) is 7.17. The van der Waals surface area contributed by atoms with Crippen molar-refractivity contribution < 1.29 is 28.6 Å². The molecule has 158 valence electrons. The van der Waals surface area contributed by atoms with Crippen LogP contribution in [0, 0.1) is 5.92 Å². The van der Waals surface area contributed by atoms with Crippen LogP contribution in [0.25, 0.3) is 0 Å². The van der Waals surface area contributed by atoms with Gasteiger partial charge in [0.2, 0.25) is 0 Å². The first-order valence-corrected chi connectivity index (χ1v) is 9.85. The Hall–Kier alpha value is -3.35. The van der Waals surface area contributed by atoms with Crippen molar-refractivity contribution >= 4 is 17.8 Å². The number of nitrogens with one attached hydrogen (secondary N) is 1. The maximum atomic E-state index is 12.9. The maximum absolute atomic E-state index is 12.9. The molecule has 0 aromatic heterocycles. The van der Waals surface area contributed by atoms with E-state index in [0.29, 0.717) is 29.0 Å². The Morgan fingerprint density at radius 3 is 2.13 bits per heavy atom. The van der Waals surface area contributed by atoms with Crippen molar-refractivity contribution in [1.29, 1.82) is 0 Å². The Balaban J connectivity index is 1.72. The van der Waals surface area contributed by atoms with Crippen LogP contribution < -0.4 is 10.1 Å². The van der Waals surface area contributed by atoms with Gasteiger partial charge in [0.25, 0.3) is 5.91 Å². The molecule has 30 heavy (non-hydrogen) atoms. The van der Waals surface area contributed by atoms with Crippen molar-refractivity contribution in [3.05, 3.63) is 59.7 Å². The zero-order valence-corrected chi connectivity index (χ0v) is 17.2. The molecule has 0 bridgehead atoms. The van der Waals surface area contributed by atoms with Crippen LogP contribution in [-0.4, -0.2) is 37.6 Å². The van der Waals surface area contributed by atoms with Gasteiger partial charge in [0, 0.05) is 11.1 Å². The van der Waals surface area contributed by atoms with Crippen LogP contribution in [0.3, 0.4) is 0 Å². The van der Waals surface area contributed by atoms with Gasteiger partial charge in [-0.2, -0.15) is 0 Å². The average molecular weight is 411 g/mol. The van der Waals surface area contributed by atoms with Crippen LogP contribution in [0.4, 0.5) is 0 Å². The summed E-state index contributed by atoms with van der Waals surface area (Å²) < 4.78 is 16.0. The van der Waals surface area contributed by atoms with Crippen molar-refractivity contribution in [2.24, 2.45) is 5.92 Å². The smallest absolute Gasteiger partial charge is 0.328 e. The molecule has 0 saturated heterocycles. The van der Waals surface area contributed by atoms with Crippen LogP contribution in [0.2, 0.25) is 0 Å². The zero-order chi connectivity index (χ0) is 21.7. The minimum Gasteiger partial charge on any atom is -0.467 e. The van der Waals surface area contributed by atoms with E-state index in [2.05, 4.69) is 5.32 Å². The summed E-state index contributed by atoms with van der Waals surface area (Å²) in [6.07, 6.45) is 0.676. The standard InChI is InChI=1S/C23H25NO6/c1-4-14(2)21(23(27)28-3)24-19(25)13-29-22(26)20-15-9-5-7-11-17(15)30-18-12-8-6-10-16(18)20/h5-12,14,20-21H,4,13H2,1-3H3,(H,24,25)/t14-,21-/m0/s1. The van der Waals surface area contributed by atoms with E-state index < -0.39 is 36.4 Å². The normalized spacial score (nSPS) is 14.4. The number of rotatable bonds is 7. The predicted octanol–water partition coefficient (Wildman–Crippen LogP) is 3.17. The van der Waals surface area contributed by atoms with Crippen molar-refractivity contribution in [3.8, 4) is 11.5 Å². The Morgan fingerprint density at radius 2 is 1.60 bits per heavy atom. The van der Waals surface area contributed by atoms with Crippen LogP contribution in [-0.2, 0) is 23.9 Å². The number of esters is 2. The van der Waals surface area contributed by atoms with Gasteiger partial charge in [-0.25, -0.2) is 4.79 Å². The minimum atomic E-state index is -0.796. The minimum absolute atomic E-state index is 0.119. The SMILES string of the molecule is CC[C@H](C)[C@H](NC(=O)COC(=O)C1c2ccccc2Oc2ccccc21)C(=O)OC. The van der Waals surface area contributed by atoms with Gasteiger partial charge in [0.05, 0.1) is 7.11 Å². The van der Waals surface area contributed by atoms with E-state index in [0.717, 1.165) is 0 Å². The molecule has 2 aromatic carbocycles. The fraction of sp³-hybridized carbons (Fsp3) is 0.348. The largest absolute Gasteiger partial charge is 0.467 e.